The van der Waals surface area contributed by atoms with Crippen LogP contribution in [0.5, 0.6) is 5.75 Å². The summed E-state index contributed by atoms with van der Waals surface area (Å²) in [5, 5.41) is 13.0. The van der Waals surface area contributed by atoms with Crippen LogP contribution in [0.15, 0.2) is 18.2 Å². The zero-order valence-corrected chi connectivity index (χ0v) is 12.6. The van der Waals surface area contributed by atoms with Crippen molar-refractivity contribution in [3.8, 4) is 5.75 Å². The topological polar surface area (TPSA) is 41.5 Å². The predicted molar refractivity (Wildman–Crippen MR) is 80.9 cm³/mol. The summed E-state index contributed by atoms with van der Waals surface area (Å²) in [6, 6.07) is 6.08. The molecule has 0 fully saturated rings. The van der Waals surface area contributed by atoms with Crippen LogP contribution in [0.25, 0.3) is 0 Å². The molecule has 1 aromatic carbocycles. The second-order valence-electron chi connectivity index (χ2n) is 5.13. The molecule has 3 nitrogen and oxygen atoms in total. The number of hydrogen-bond donors (Lipinski definition) is 2. The Labute approximate surface area is 117 Å². The highest BCUT2D eigenvalue weighted by Gasteiger charge is 2.24. The fraction of sp³-hybridized carbons (Fsp3) is 0.625. The first kappa shape index (κ1) is 15.8. The maximum absolute atomic E-state index is 9.58. The molecular weight excluding hydrogens is 238 g/mol. The van der Waals surface area contributed by atoms with Crippen molar-refractivity contribution < 1.29 is 9.84 Å². The fourth-order valence-electron chi connectivity index (χ4n) is 2.15. The summed E-state index contributed by atoms with van der Waals surface area (Å²) in [5.74, 6) is 0.907. The number of aryl methyl sites for hydroxylation is 1. The van der Waals surface area contributed by atoms with E-state index >= 15 is 0 Å². The van der Waals surface area contributed by atoms with Gasteiger partial charge in [0.15, 0.2) is 0 Å². The van der Waals surface area contributed by atoms with Gasteiger partial charge in [-0.25, -0.2) is 0 Å². The molecule has 0 aliphatic heterocycles. The van der Waals surface area contributed by atoms with E-state index in [1.165, 1.54) is 5.56 Å². The van der Waals surface area contributed by atoms with E-state index in [2.05, 4.69) is 26.1 Å². The number of anilines is 1. The van der Waals surface area contributed by atoms with Crippen molar-refractivity contribution in [2.45, 2.75) is 40.5 Å². The fourth-order valence-corrected chi connectivity index (χ4v) is 2.15. The molecule has 0 spiro atoms. The Morgan fingerprint density at radius 2 is 1.89 bits per heavy atom. The third kappa shape index (κ3) is 4.13. The van der Waals surface area contributed by atoms with Gasteiger partial charge in [0.2, 0.25) is 0 Å². The van der Waals surface area contributed by atoms with E-state index < -0.39 is 0 Å². The van der Waals surface area contributed by atoms with Crippen molar-refractivity contribution in [3.63, 3.8) is 0 Å². The van der Waals surface area contributed by atoms with E-state index in [4.69, 9.17) is 4.74 Å². The molecule has 1 rings (SSSR count). The standard InChI is InChI=1S/C16H27NO2/c1-5-16(6-2,12-18)11-17-15-9-8-14(19-7-3)10-13(15)4/h8-10,17-18H,5-7,11-12H2,1-4H3. The average Bonchev–Trinajstić information content (AvgIpc) is 2.43. The van der Waals surface area contributed by atoms with E-state index in [1.807, 2.05) is 25.1 Å². The van der Waals surface area contributed by atoms with Gasteiger partial charge < -0.3 is 15.2 Å². The highest BCUT2D eigenvalue weighted by Crippen LogP contribution is 2.28. The van der Waals surface area contributed by atoms with Crippen LogP contribution in [0, 0.1) is 12.3 Å². The number of ether oxygens (including phenoxy) is 1. The zero-order valence-electron chi connectivity index (χ0n) is 12.6. The van der Waals surface area contributed by atoms with E-state index in [0.717, 1.165) is 30.8 Å². The molecule has 3 heteroatoms. The third-order valence-electron chi connectivity index (χ3n) is 4.00. The Kier molecular flexibility index (Phi) is 6.16. The van der Waals surface area contributed by atoms with E-state index in [0.29, 0.717) is 6.61 Å². The van der Waals surface area contributed by atoms with Crippen molar-refractivity contribution in [2.75, 3.05) is 25.1 Å². The van der Waals surface area contributed by atoms with Gasteiger partial charge >= 0.3 is 0 Å². The van der Waals surface area contributed by atoms with Crippen LogP contribution in [0.2, 0.25) is 0 Å². The Hall–Kier alpha value is -1.22. The molecule has 0 aliphatic carbocycles. The Morgan fingerprint density at radius 1 is 1.21 bits per heavy atom. The van der Waals surface area contributed by atoms with Crippen LogP contribution >= 0.6 is 0 Å². The summed E-state index contributed by atoms with van der Waals surface area (Å²) in [6.45, 7) is 10.0. The van der Waals surface area contributed by atoms with Crippen LogP contribution in [0.4, 0.5) is 5.69 Å². The van der Waals surface area contributed by atoms with Gasteiger partial charge in [-0.1, -0.05) is 13.8 Å². The molecule has 108 valence electrons. The lowest BCUT2D eigenvalue weighted by atomic mass is 9.83. The Morgan fingerprint density at radius 3 is 2.37 bits per heavy atom. The summed E-state index contributed by atoms with van der Waals surface area (Å²) in [5.41, 5.74) is 2.26. The molecule has 0 saturated carbocycles. The number of aliphatic hydroxyl groups is 1. The molecule has 0 heterocycles. The summed E-state index contributed by atoms with van der Waals surface area (Å²) < 4.78 is 5.48. The number of benzene rings is 1. The molecule has 0 aromatic heterocycles. The Balaban J connectivity index is 2.72. The van der Waals surface area contributed by atoms with Gasteiger partial charge in [0.05, 0.1) is 13.2 Å². The number of hydrogen-bond acceptors (Lipinski definition) is 3. The van der Waals surface area contributed by atoms with Gasteiger partial charge in [0, 0.05) is 17.6 Å². The van der Waals surface area contributed by atoms with Crippen LogP contribution < -0.4 is 10.1 Å². The van der Waals surface area contributed by atoms with Crippen LogP contribution in [0.1, 0.15) is 39.2 Å². The molecule has 2 N–H and O–H groups in total. The van der Waals surface area contributed by atoms with Gasteiger partial charge in [-0.2, -0.15) is 0 Å². The minimum atomic E-state index is -0.0228. The lowest BCUT2D eigenvalue weighted by molar-refractivity contribution is 0.127. The predicted octanol–water partition coefficient (Wildman–Crippen LogP) is 3.60. The lowest BCUT2D eigenvalue weighted by Gasteiger charge is -2.30. The van der Waals surface area contributed by atoms with Gasteiger partial charge in [-0.05, 0) is 50.5 Å². The SMILES string of the molecule is CCOc1ccc(NCC(CC)(CC)CO)c(C)c1. The molecule has 0 saturated heterocycles. The van der Waals surface area contributed by atoms with E-state index in [-0.39, 0.29) is 12.0 Å². The summed E-state index contributed by atoms with van der Waals surface area (Å²) >= 11 is 0. The minimum absolute atomic E-state index is 0.0228. The van der Waals surface area contributed by atoms with Gasteiger partial charge in [-0.15, -0.1) is 0 Å². The van der Waals surface area contributed by atoms with E-state index in [1.54, 1.807) is 0 Å². The minimum Gasteiger partial charge on any atom is -0.494 e. The number of rotatable bonds is 8. The summed E-state index contributed by atoms with van der Waals surface area (Å²) in [7, 11) is 0. The molecule has 19 heavy (non-hydrogen) atoms. The summed E-state index contributed by atoms with van der Waals surface area (Å²) in [4.78, 5) is 0. The Bertz CT molecular complexity index is 378. The first-order valence-corrected chi connectivity index (χ1v) is 7.19. The van der Waals surface area contributed by atoms with Crippen LogP contribution in [-0.2, 0) is 0 Å². The van der Waals surface area contributed by atoms with Crippen molar-refractivity contribution in [1.82, 2.24) is 0 Å². The van der Waals surface area contributed by atoms with Crippen molar-refractivity contribution in [2.24, 2.45) is 5.41 Å². The number of nitrogens with one attached hydrogen (secondary N) is 1. The normalized spacial score (nSPS) is 11.4. The second kappa shape index (κ2) is 7.39. The molecule has 0 radical (unpaired) electrons. The third-order valence-corrected chi connectivity index (χ3v) is 4.00. The van der Waals surface area contributed by atoms with Crippen molar-refractivity contribution >= 4 is 5.69 Å². The average molecular weight is 265 g/mol. The van der Waals surface area contributed by atoms with Crippen LogP contribution in [0.3, 0.4) is 0 Å². The molecule has 0 bridgehead atoms. The van der Waals surface area contributed by atoms with E-state index in [9.17, 15) is 5.11 Å². The monoisotopic (exact) mass is 265 g/mol. The van der Waals surface area contributed by atoms with Gasteiger partial charge in [0.1, 0.15) is 5.75 Å². The molecule has 0 amide bonds. The smallest absolute Gasteiger partial charge is 0.119 e. The maximum Gasteiger partial charge on any atom is 0.119 e. The zero-order chi connectivity index (χ0) is 14.3. The van der Waals surface area contributed by atoms with Gasteiger partial charge in [-0.3, -0.25) is 0 Å². The maximum atomic E-state index is 9.58. The first-order valence-electron chi connectivity index (χ1n) is 7.19. The quantitative estimate of drug-likeness (QED) is 0.754. The molecular formula is C16H27NO2. The molecule has 1 aromatic rings. The summed E-state index contributed by atoms with van der Waals surface area (Å²) in [6.07, 6.45) is 1.95. The molecule has 0 unspecified atom stereocenters. The highest BCUT2D eigenvalue weighted by molar-refractivity contribution is 5.53. The van der Waals surface area contributed by atoms with Crippen molar-refractivity contribution in [3.05, 3.63) is 23.8 Å². The molecule has 0 aliphatic rings. The second-order valence-corrected chi connectivity index (χ2v) is 5.13. The van der Waals surface area contributed by atoms with Gasteiger partial charge in [0.25, 0.3) is 0 Å². The molecule has 0 atom stereocenters. The van der Waals surface area contributed by atoms with Crippen LogP contribution in [-0.4, -0.2) is 24.9 Å². The van der Waals surface area contributed by atoms with Crippen molar-refractivity contribution in [1.29, 1.82) is 0 Å². The number of aliphatic hydroxyl groups excluding tert-OH is 1. The lowest BCUT2D eigenvalue weighted by Crippen LogP contribution is -2.32. The largest absolute Gasteiger partial charge is 0.494 e. The first-order chi connectivity index (χ1) is 9.10. The highest BCUT2D eigenvalue weighted by atomic mass is 16.5.